The SMILES string of the molecule is C=CCCCC(=N)COC(C)[C@@H](CC(=O)C(C)C(=O)OCC(C)C)OC1CC(N(C)C)CC(C)O1. The second kappa shape index (κ2) is 16.2. The average Bonchev–Trinajstić information content (AvgIpc) is 2.79. The van der Waals surface area contributed by atoms with Gasteiger partial charge in [-0.05, 0) is 66.5 Å². The summed E-state index contributed by atoms with van der Waals surface area (Å²) in [6.45, 7) is 13.5. The Morgan fingerprint density at radius 1 is 1.20 bits per heavy atom. The molecular formula is C27H48N2O6. The minimum Gasteiger partial charge on any atom is -0.465 e. The molecule has 0 aromatic heterocycles. The molecule has 202 valence electrons. The summed E-state index contributed by atoms with van der Waals surface area (Å²) in [5, 5.41) is 8.14. The molecule has 0 bridgehead atoms. The number of hydrogen-bond acceptors (Lipinski definition) is 8. The normalized spacial score (nSPS) is 23.1. The van der Waals surface area contributed by atoms with Gasteiger partial charge < -0.3 is 29.3 Å². The van der Waals surface area contributed by atoms with E-state index in [0.29, 0.717) is 24.6 Å². The third-order valence-electron chi connectivity index (χ3n) is 6.24. The minimum absolute atomic E-state index is 0.00375. The summed E-state index contributed by atoms with van der Waals surface area (Å²) in [5.74, 6) is -1.46. The van der Waals surface area contributed by atoms with Gasteiger partial charge in [-0.15, -0.1) is 6.58 Å². The van der Waals surface area contributed by atoms with E-state index in [-0.39, 0.29) is 37.4 Å². The number of nitrogens with one attached hydrogen (secondary N) is 1. The van der Waals surface area contributed by atoms with Crippen molar-refractivity contribution in [3.63, 3.8) is 0 Å². The molecular weight excluding hydrogens is 448 g/mol. The molecule has 8 nitrogen and oxygen atoms in total. The van der Waals surface area contributed by atoms with Crippen LogP contribution in [0.15, 0.2) is 12.7 Å². The predicted octanol–water partition coefficient (Wildman–Crippen LogP) is 4.40. The Balaban J connectivity index is 2.85. The van der Waals surface area contributed by atoms with E-state index in [9.17, 15) is 9.59 Å². The van der Waals surface area contributed by atoms with E-state index in [2.05, 4.69) is 11.5 Å². The fourth-order valence-electron chi connectivity index (χ4n) is 3.85. The predicted molar refractivity (Wildman–Crippen MR) is 138 cm³/mol. The maximum Gasteiger partial charge on any atom is 0.316 e. The molecule has 5 unspecified atom stereocenters. The van der Waals surface area contributed by atoms with Gasteiger partial charge in [0, 0.05) is 24.6 Å². The Hall–Kier alpha value is -1.61. The van der Waals surface area contributed by atoms with Crippen molar-refractivity contribution in [1.82, 2.24) is 4.90 Å². The van der Waals surface area contributed by atoms with Crippen LogP contribution in [-0.4, -0.2) is 80.3 Å². The Labute approximate surface area is 212 Å². The molecule has 0 aliphatic carbocycles. The maximum atomic E-state index is 13.0. The first-order chi connectivity index (χ1) is 16.4. The smallest absolute Gasteiger partial charge is 0.316 e. The van der Waals surface area contributed by atoms with Crippen LogP contribution in [0, 0.1) is 17.2 Å². The molecule has 0 radical (unpaired) electrons. The molecule has 0 spiro atoms. The summed E-state index contributed by atoms with van der Waals surface area (Å²) >= 11 is 0. The van der Waals surface area contributed by atoms with E-state index in [0.717, 1.165) is 19.3 Å². The largest absolute Gasteiger partial charge is 0.465 e. The molecule has 0 saturated carbocycles. The monoisotopic (exact) mass is 496 g/mol. The molecule has 0 aromatic carbocycles. The zero-order valence-electron chi connectivity index (χ0n) is 22.9. The number of nitrogens with zero attached hydrogens (tertiary/aromatic N) is 1. The van der Waals surface area contributed by atoms with Crippen molar-refractivity contribution in [2.24, 2.45) is 11.8 Å². The van der Waals surface area contributed by atoms with Gasteiger partial charge in [0.15, 0.2) is 6.29 Å². The third kappa shape index (κ3) is 12.3. The van der Waals surface area contributed by atoms with Crippen LogP contribution in [-0.2, 0) is 28.5 Å². The van der Waals surface area contributed by atoms with E-state index < -0.39 is 30.4 Å². The lowest BCUT2D eigenvalue weighted by Gasteiger charge is -2.39. The summed E-state index contributed by atoms with van der Waals surface area (Å²) in [6.07, 6.45) is 4.24. The second-order valence-electron chi connectivity index (χ2n) is 10.4. The van der Waals surface area contributed by atoms with Crippen molar-refractivity contribution >= 4 is 17.5 Å². The van der Waals surface area contributed by atoms with E-state index in [4.69, 9.17) is 24.4 Å². The number of ketones is 1. The first kappa shape index (κ1) is 31.4. The first-order valence-electron chi connectivity index (χ1n) is 12.9. The average molecular weight is 497 g/mol. The van der Waals surface area contributed by atoms with Gasteiger partial charge in [-0.25, -0.2) is 0 Å². The van der Waals surface area contributed by atoms with Crippen LogP contribution in [0.25, 0.3) is 0 Å². The highest BCUT2D eigenvalue weighted by molar-refractivity contribution is 5.98. The second-order valence-corrected chi connectivity index (χ2v) is 10.4. The molecule has 1 rings (SSSR count). The standard InChI is InChI=1S/C27H48N2O6/c1-9-10-11-12-22(28)17-32-21(6)25(15-24(30)20(5)27(31)33-16-18(2)3)35-26-14-23(29(7)8)13-19(4)34-26/h9,18-21,23,25-26,28H,1,10-17H2,2-8H3/t19?,20?,21?,23?,25-,26?/m1/s1. The lowest BCUT2D eigenvalue weighted by molar-refractivity contribution is -0.237. The van der Waals surface area contributed by atoms with Gasteiger partial charge in [-0.1, -0.05) is 19.9 Å². The summed E-state index contributed by atoms with van der Waals surface area (Å²) in [7, 11) is 4.07. The van der Waals surface area contributed by atoms with E-state index >= 15 is 0 Å². The van der Waals surface area contributed by atoms with Gasteiger partial charge in [-0.2, -0.15) is 0 Å². The van der Waals surface area contributed by atoms with E-state index in [1.807, 2.05) is 47.9 Å². The van der Waals surface area contributed by atoms with Gasteiger partial charge in [0.05, 0.1) is 31.5 Å². The topological polar surface area (TPSA) is 98.2 Å². The number of rotatable bonds is 17. The van der Waals surface area contributed by atoms with Gasteiger partial charge in [0.25, 0.3) is 0 Å². The van der Waals surface area contributed by atoms with Crippen LogP contribution in [0.5, 0.6) is 0 Å². The van der Waals surface area contributed by atoms with Gasteiger partial charge in [0.1, 0.15) is 11.7 Å². The molecule has 0 aromatic rings. The summed E-state index contributed by atoms with van der Waals surface area (Å²) in [6, 6.07) is 0.305. The van der Waals surface area contributed by atoms with Gasteiger partial charge in [-0.3, -0.25) is 9.59 Å². The first-order valence-corrected chi connectivity index (χ1v) is 12.9. The quantitative estimate of drug-likeness (QED) is 0.105. The molecule has 1 saturated heterocycles. The summed E-state index contributed by atoms with van der Waals surface area (Å²) in [5.41, 5.74) is 0.490. The number of carbonyl (C=O) groups is 2. The Kier molecular flexibility index (Phi) is 14.5. The Bertz CT molecular complexity index is 681. The van der Waals surface area contributed by atoms with Crippen LogP contribution >= 0.6 is 0 Å². The number of hydrogen-bond donors (Lipinski definition) is 1. The molecule has 1 N–H and O–H groups in total. The van der Waals surface area contributed by atoms with Crippen LogP contribution in [0.4, 0.5) is 0 Å². The highest BCUT2D eigenvalue weighted by Crippen LogP contribution is 2.26. The van der Waals surface area contributed by atoms with Crippen LogP contribution in [0.3, 0.4) is 0 Å². The fraction of sp³-hybridized carbons (Fsp3) is 0.815. The molecule has 0 amide bonds. The van der Waals surface area contributed by atoms with Crippen LogP contribution in [0.2, 0.25) is 0 Å². The highest BCUT2D eigenvalue weighted by Gasteiger charge is 2.35. The molecule has 1 aliphatic rings. The number of allylic oxidation sites excluding steroid dienone is 1. The summed E-state index contributed by atoms with van der Waals surface area (Å²) in [4.78, 5) is 27.5. The van der Waals surface area contributed by atoms with Crippen LogP contribution in [0.1, 0.15) is 73.1 Å². The fourth-order valence-corrected chi connectivity index (χ4v) is 3.85. The van der Waals surface area contributed by atoms with Crippen molar-refractivity contribution in [1.29, 1.82) is 5.41 Å². The molecule has 8 heteroatoms. The number of unbranched alkanes of at least 4 members (excludes halogenated alkanes) is 1. The lowest BCUT2D eigenvalue weighted by atomic mass is 9.98. The van der Waals surface area contributed by atoms with Crippen molar-refractivity contribution < 1.29 is 28.5 Å². The zero-order valence-corrected chi connectivity index (χ0v) is 22.9. The number of esters is 1. The van der Waals surface area contributed by atoms with E-state index in [1.54, 1.807) is 6.92 Å². The highest BCUT2D eigenvalue weighted by atomic mass is 16.7. The molecule has 35 heavy (non-hydrogen) atoms. The molecule has 1 fully saturated rings. The Morgan fingerprint density at radius 3 is 2.49 bits per heavy atom. The molecule has 1 aliphatic heterocycles. The number of Topliss-reactive ketones (excluding diaryl/α,β-unsaturated/α-hetero) is 1. The van der Waals surface area contributed by atoms with E-state index in [1.165, 1.54) is 0 Å². The molecule has 6 atom stereocenters. The van der Waals surface area contributed by atoms with Crippen molar-refractivity contribution in [2.75, 3.05) is 27.3 Å². The third-order valence-corrected chi connectivity index (χ3v) is 6.24. The minimum atomic E-state index is -0.884. The van der Waals surface area contributed by atoms with Crippen molar-refractivity contribution in [2.45, 2.75) is 104 Å². The maximum absolute atomic E-state index is 13.0. The van der Waals surface area contributed by atoms with Crippen molar-refractivity contribution in [3.8, 4) is 0 Å². The number of carbonyl (C=O) groups excluding carboxylic acids is 2. The van der Waals surface area contributed by atoms with Gasteiger partial charge in [0.2, 0.25) is 0 Å². The van der Waals surface area contributed by atoms with Crippen LogP contribution < -0.4 is 0 Å². The number of ether oxygens (including phenoxy) is 4. The summed E-state index contributed by atoms with van der Waals surface area (Å²) < 4.78 is 23.5. The van der Waals surface area contributed by atoms with Gasteiger partial charge >= 0.3 is 5.97 Å². The zero-order chi connectivity index (χ0) is 26.5. The Morgan fingerprint density at radius 2 is 1.89 bits per heavy atom. The lowest BCUT2D eigenvalue weighted by Crippen LogP contribution is -2.46. The molecule has 1 heterocycles. The van der Waals surface area contributed by atoms with Crippen molar-refractivity contribution in [3.05, 3.63) is 12.7 Å².